The highest BCUT2D eigenvalue weighted by Crippen LogP contribution is 2.38. The molecule has 0 saturated heterocycles. The lowest BCUT2D eigenvalue weighted by Crippen LogP contribution is -2.67. The van der Waals surface area contributed by atoms with Crippen molar-refractivity contribution in [2.45, 2.75) is 95.8 Å². The first kappa shape index (κ1) is 20.1. The number of carbonyl (C=O) groups is 2. The van der Waals surface area contributed by atoms with E-state index in [-0.39, 0.29) is 23.9 Å². The molecule has 1 aliphatic heterocycles. The smallest absolute Gasteiger partial charge is 0.271 e. The third-order valence-corrected chi connectivity index (χ3v) is 8.59. The Morgan fingerprint density at radius 1 is 1.13 bits per heavy atom. The van der Waals surface area contributed by atoms with E-state index in [0.717, 1.165) is 60.4 Å². The molecular formula is C24H33N3O2S. The van der Waals surface area contributed by atoms with Crippen molar-refractivity contribution < 1.29 is 9.59 Å². The second kappa shape index (κ2) is 7.70. The van der Waals surface area contributed by atoms with Gasteiger partial charge in [-0.15, -0.1) is 11.3 Å². The number of carbonyl (C=O) groups excluding carboxylic acids is 2. The Bertz CT molecular complexity index is 949. The molecule has 2 fully saturated rings. The zero-order valence-electron chi connectivity index (χ0n) is 18.2. The molecule has 2 aromatic rings. The molecule has 3 aliphatic rings. The Kier molecular flexibility index (Phi) is 5.16. The summed E-state index contributed by atoms with van der Waals surface area (Å²) < 4.78 is 3.23. The number of hydrogen-bond donors (Lipinski definition) is 1. The fourth-order valence-electron chi connectivity index (χ4n) is 5.89. The predicted octanol–water partition coefficient (Wildman–Crippen LogP) is 4.94. The molecule has 162 valence electrons. The molecule has 5 nitrogen and oxygen atoms in total. The molecule has 0 radical (unpaired) electrons. The topological polar surface area (TPSA) is 54.3 Å². The molecule has 0 unspecified atom stereocenters. The summed E-state index contributed by atoms with van der Waals surface area (Å²) in [4.78, 5) is 29.5. The van der Waals surface area contributed by atoms with Crippen molar-refractivity contribution in [1.82, 2.24) is 14.8 Å². The normalized spacial score (nSPS) is 30.5. The van der Waals surface area contributed by atoms with Crippen LogP contribution >= 0.6 is 11.3 Å². The molecule has 30 heavy (non-hydrogen) atoms. The molecular weight excluding hydrogens is 394 g/mol. The molecule has 0 spiro atoms. The van der Waals surface area contributed by atoms with Gasteiger partial charge in [0.1, 0.15) is 11.2 Å². The van der Waals surface area contributed by atoms with E-state index in [4.69, 9.17) is 0 Å². The second-order valence-electron chi connectivity index (χ2n) is 9.96. The molecule has 5 rings (SSSR count). The second-order valence-corrected chi connectivity index (χ2v) is 10.9. The first-order chi connectivity index (χ1) is 14.5. The zero-order chi connectivity index (χ0) is 20.9. The van der Waals surface area contributed by atoms with Crippen LogP contribution in [0.25, 0.3) is 10.2 Å². The number of fused-ring (bicyclic) bond motifs is 3. The van der Waals surface area contributed by atoms with E-state index in [0.29, 0.717) is 6.54 Å². The molecule has 0 aromatic carbocycles. The minimum absolute atomic E-state index is 0.0312. The van der Waals surface area contributed by atoms with Gasteiger partial charge in [0.2, 0.25) is 5.91 Å². The van der Waals surface area contributed by atoms with Gasteiger partial charge in [-0.05, 0) is 68.9 Å². The SMILES string of the molecule is CC1CCC(NC(=O)[C@]2(C)Cn3c(cc4sccc43)C(=O)N2C2CCCCC2)CC1. The van der Waals surface area contributed by atoms with Crippen LogP contribution in [0, 0.1) is 5.92 Å². The average molecular weight is 428 g/mol. The third kappa shape index (κ3) is 3.28. The van der Waals surface area contributed by atoms with E-state index in [1.165, 1.54) is 19.3 Å². The number of amides is 2. The number of aromatic nitrogens is 1. The van der Waals surface area contributed by atoms with Crippen molar-refractivity contribution in [3.63, 3.8) is 0 Å². The van der Waals surface area contributed by atoms with E-state index in [1.807, 2.05) is 17.9 Å². The minimum atomic E-state index is -0.844. The van der Waals surface area contributed by atoms with Crippen LogP contribution in [0.15, 0.2) is 17.5 Å². The molecule has 0 bridgehead atoms. The summed E-state index contributed by atoms with van der Waals surface area (Å²) in [5.74, 6) is 0.813. The van der Waals surface area contributed by atoms with E-state index in [1.54, 1.807) is 11.3 Å². The van der Waals surface area contributed by atoms with Crippen molar-refractivity contribution >= 4 is 33.4 Å². The summed E-state index contributed by atoms with van der Waals surface area (Å²) in [6.07, 6.45) is 9.96. The summed E-state index contributed by atoms with van der Waals surface area (Å²) in [6.45, 7) is 4.84. The zero-order valence-corrected chi connectivity index (χ0v) is 19.0. The predicted molar refractivity (Wildman–Crippen MR) is 121 cm³/mol. The van der Waals surface area contributed by atoms with Crippen LogP contribution in [-0.4, -0.2) is 38.9 Å². The van der Waals surface area contributed by atoms with Crippen LogP contribution in [0.5, 0.6) is 0 Å². The highest BCUT2D eigenvalue weighted by molar-refractivity contribution is 7.17. The maximum absolute atomic E-state index is 13.8. The van der Waals surface area contributed by atoms with Gasteiger partial charge in [0.15, 0.2) is 0 Å². The van der Waals surface area contributed by atoms with Crippen molar-refractivity contribution in [1.29, 1.82) is 0 Å². The molecule has 6 heteroatoms. The van der Waals surface area contributed by atoms with Crippen molar-refractivity contribution in [2.75, 3.05) is 0 Å². The van der Waals surface area contributed by atoms with Gasteiger partial charge in [-0.3, -0.25) is 9.59 Å². The molecule has 1 N–H and O–H groups in total. The van der Waals surface area contributed by atoms with E-state index < -0.39 is 5.54 Å². The fourth-order valence-corrected chi connectivity index (χ4v) is 6.71. The van der Waals surface area contributed by atoms with Gasteiger partial charge < -0.3 is 14.8 Å². The summed E-state index contributed by atoms with van der Waals surface area (Å²) in [5, 5.41) is 5.43. The number of nitrogens with zero attached hydrogens (tertiary/aromatic N) is 2. The van der Waals surface area contributed by atoms with Gasteiger partial charge in [-0.2, -0.15) is 0 Å². The van der Waals surface area contributed by atoms with Crippen LogP contribution < -0.4 is 5.32 Å². The fraction of sp³-hybridized carbons (Fsp3) is 0.667. The van der Waals surface area contributed by atoms with E-state index in [9.17, 15) is 9.59 Å². The molecule has 2 amide bonds. The van der Waals surface area contributed by atoms with Gasteiger partial charge in [0, 0.05) is 12.1 Å². The van der Waals surface area contributed by atoms with Gasteiger partial charge >= 0.3 is 0 Å². The van der Waals surface area contributed by atoms with Crippen molar-refractivity contribution in [3.8, 4) is 0 Å². The van der Waals surface area contributed by atoms with E-state index >= 15 is 0 Å². The van der Waals surface area contributed by atoms with Gasteiger partial charge in [0.05, 0.1) is 16.8 Å². The Hall–Kier alpha value is -1.82. The Labute approximate surface area is 182 Å². The Morgan fingerprint density at radius 3 is 2.60 bits per heavy atom. The quantitative estimate of drug-likeness (QED) is 0.754. The van der Waals surface area contributed by atoms with Crippen LogP contribution in [-0.2, 0) is 11.3 Å². The largest absolute Gasteiger partial charge is 0.351 e. The Balaban J connectivity index is 1.50. The lowest BCUT2D eigenvalue weighted by Gasteiger charge is -2.49. The first-order valence-electron chi connectivity index (χ1n) is 11.7. The molecule has 3 heterocycles. The number of rotatable bonds is 3. The highest BCUT2D eigenvalue weighted by Gasteiger charge is 2.50. The van der Waals surface area contributed by atoms with Crippen molar-refractivity contribution in [2.24, 2.45) is 5.92 Å². The molecule has 1 atom stereocenters. The lowest BCUT2D eigenvalue weighted by molar-refractivity contribution is -0.135. The van der Waals surface area contributed by atoms with Crippen molar-refractivity contribution in [3.05, 3.63) is 23.2 Å². The molecule has 2 saturated carbocycles. The van der Waals surface area contributed by atoms with Crippen LogP contribution in [0.4, 0.5) is 0 Å². The molecule has 2 aromatic heterocycles. The molecule has 2 aliphatic carbocycles. The summed E-state index contributed by atoms with van der Waals surface area (Å²) in [6, 6.07) is 4.50. The maximum Gasteiger partial charge on any atom is 0.271 e. The summed E-state index contributed by atoms with van der Waals surface area (Å²) in [5.41, 5.74) is 0.986. The highest BCUT2D eigenvalue weighted by atomic mass is 32.1. The van der Waals surface area contributed by atoms with Crippen LogP contribution in [0.2, 0.25) is 0 Å². The van der Waals surface area contributed by atoms with E-state index in [2.05, 4.69) is 28.3 Å². The monoisotopic (exact) mass is 427 g/mol. The maximum atomic E-state index is 13.8. The van der Waals surface area contributed by atoms with Crippen LogP contribution in [0.1, 0.15) is 82.1 Å². The number of thiophene rings is 1. The van der Waals surface area contributed by atoms with Gasteiger partial charge in [-0.1, -0.05) is 26.2 Å². The summed E-state index contributed by atoms with van der Waals surface area (Å²) >= 11 is 1.66. The average Bonchev–Trinajstić information content (AvgIpc) is 3.33. The summed E-state index contributed by atoms with van der Waals surface area (Å²) in [7, 11) is 0. The minimum Gasteiger partial charge on any atom is -0.351 e. The first-order valence-corrected chi connectivity index (χ1v) is 12.6. The third-order valence-electron chi connectivity index (χ3n) is 7.74. The Morgan fingerprint density at radius 2 is 1.87 bits per heavy atom. The standard InChI is InChI=1S/C24H33N3O2S/c1-16-8-10-17(11-9-16)25-23(29)24(2)15-26-19-12-13-30-21(19)14-20(26)22(28)27(24)18-6-4-3-5-7-18/h12-14,16-18H,3-11,15H2,1-2H3,(H,25,29)/t16?,17?,24-/m0/s1. The number of nitrogens with one attached hydrogen (secondary N) is 1. The van der Waals surface area contributed by atoms with Crippen LogP contribution in [0.3, 0.4) is 0 Å². The number of hydrogen-bond acceptors (Lipinski definition) is 3. The van der Waals surface area contributed by atoms with Gasteiger partial charge in [-0.25, -0.2) is 0 Å². The van der Waals surface area contributed by atoms with Gasteiger partial charge in [0.25, 0.3) is 5.91 Å². The lowest BCUT2D eigenvalue weighted by atomic mass is 9.85.